The summed E-state index contributed by atoms with van der Waals surface area (Å²) in [4.78, 5) is 1.54. The molecule has 0 aliphatic carbocycles. The van der Waals surface area contributed by atoms with Gasteiger partial charge >= 0.3 is 0 Å². The second kappa shape index (κ2) is 6.68. The lowest BCUT2D eigenvalue weighted by Crippen LogP contribution is -2.49. The molecule has 3 rings (SSSR count). The number of anilines is 1. The van der Waals surface area contributed by atoms with Crippen LogP contribution in [0.3, 0.4) is 0 Å². The number of hydrogen-bond acceptors (Lipinski definition) is 3. The first-order valence-electron chi connectivity index (χ1n) is 7.76. The maximum atomic E-state index is 13.9. The van der Waals surface area contributed by atoms with Gasteiger partial charge in [0.15, 0.2) is 0 Å². The number of piperazine rings is 1. The Labute approximate surface area is 144 Å². The molecule has 1 aliphatic heterocycles. The van der Waals surface area contributed by atoms with Crippen LogP contribution in [0.25, 0.3) is 0 Å². The van der Waals surface area contributed by atoms with Crippen LogP contribution in [0.2, 0.25) is 0 Å². The Morgan fingerprint density at radius 3 is 2.08 bits per heavy atom. The summed E-state index contributed by atoms with van der Waals surface area (Å²) in [5.41, 5.74) is 0.181. The Kier molecular flexibility index (Phi) is 4.75. The van der Waals surface area contributed by atoms with Crippen LogP contribution in [0.1, 0.15) is 5.56 Å². The van der Waals surface area contributed by atoms with Gasteiger partial charge in [-0.3, -0.25) is 0 Å². The van der Waals surface area contributed by atoms with Crippen molar-refractivity contribution in [2.24, 2.45) is 0 Å². The van der Waals surface area contributed by atoms with E-state index in [2.05, 4.69) is 0 Å². The molecule has 0 unspecified atom stereocenters. The molecule has 0 bridgehead atoms. The van der Waals surface area contributed by atoms with Crippen LogP contribution in [0.4, 0.5) is 18.9 Å². The van der Waals surface area contributed by atoms with Crippen molar-refractivity contribution in [2.75, 3.05) is 31.1 Å². The van der Waals surface area contributed by atoms with Crippen molar-refractivity contribution in [3.05, 3.63) is 59.4 Å². The third-order valence-corrected chi connectivity index (χ3v) is 6.31. The fraction of sp³-hybridized carbons (Fsp3) is 0.294. The lowest BCUT2D eigenvalue weighted by atomic mass is 10.2. The Hall–Kier alpha value is -2.06. The van der Waals surface area contributed by atoms with Gasteiger partial charge in [0.25, 0.3) is 0 Å². The van der Waals surface area contributed by atoms with Crippen molar-refractivity contribution in [1.82, 2.24) is 4.31 Å². The maximum absolute atomic E-state index is 13.9. The van der Waals surface area contributed by atoms with Gasteiger partial charge in [-0.25, -0.2) is 21.6 Å². The Bertz CT molecular complexity index is 875. The van der Waals surface area contributed by atoms with Gasteiger partial charge in [0.2, 0.25) is 10.0 Å². The molecule has 134 valence electrons. The van der Waals surface area contributed by atoms with Crippen LogP contribution < -0.4 is 4.90 Å². The lowest BCUT2D eigenvalue weighted by Gasteiger charge is -2.35. The molecule has 1 aliphatic rings. The van der Waals surface area contributed by atoms with Gasteiger partial charge in [0.05, 0.1) is 4.90 Å². The predicted molar refractivity (Wildman–Crippen MR) is 88.5 cm³/mol. The minimum absolute atomic E-state index is 0.0411. The van der Waals surface area contributed by atoms with Crippen molar-refractivity contribution < 1.29 is 21.6 Å². The molecule has 0 radical (unpaired) electrons. The molecule has 0 aromatic heterocycles. The third kappa shape index (κ3) is 3.36. The summed E-state index contributed by atoms with van der Waals surface area (Å²) < 4.78 is 67.7. The number of benzene rings is 2. The van der Waals surface area contributed by atoms with Crippen molar-refractivity contribution in [3.8, 4) is 0 Å². The average molecular weight is 370 g/mol. The van der Waals surface area contributed by atoms with E-state index < -0.39 is 27.5 Å². The molecule has 0 N–H and O–H groups in total. The van der Waals surface area contributed by atoms with Gasteiger partial charge < -0.3 is 4.90 Å². The fourth-order valence-corrected chi connectivity index (χ4v) is 4.61. The topological polar surface area (TPSA) is 40.6 Å². The summed E-state index contributed by atoms with van der Waals surface area (Å²) in [5, 5.41) is 0. The highest BCUT2D eigenvalue weighted by molar-refractivity contribution is 7.89. The van der Waals surface area contributed by atoms with Gasteiger partial charge in [-0.05, 0) is 42.8 Å². The first-order chi connectivity index (χ1) is 11.8. The Balaban J connectivity index is 1.80. The monoisotopic (exact) mass is 370 g/mol. The van der Waals surface area contributed by atoms with E-state index in [4.69, 9.17) is 0 Å². The number of aryl methyl sites for hydroxylation is 1. The third-order valence-electron chi connectivity index (χ3n) is 4.25. The summed E-state index contributed by atoms with van der Waals surface area (Å²) in [5.74, 6) is -1.85. The molecule has 1 fully saturated rings. The van der Waals surface area contributed by atoms with E-state index in [-0.39, 0.29) is 36.8 Å². The van der Waals surface area contributed by atoms with E-state index in [9.17, 15) is 21.6 Å². The molecule has 2 aromatic rings. The van der Waals surface area contributed by atoms with Crippen molar-refractivity contribution in [2.45, 2.75) is 11.8 Å². The number of para-hydroxylation sites is 1. The second-order valence-corrected chi connectivity index (χ2v) is 7.78. The molecule has 0 atom stereocenters. The zero-order chi connectivity index (χ0) is 18.2. The summed E-state index contributed by atoms with van der Waals surface area (Å²) in [6, 6.07) is 7.13. The van der Waals surface area contributed by atoms with E-state index in [0.717, 1.165) is 12.1 Å². The van der Waals surface area contributed by atoms with Crippen LogP contribution in [-0.4, -0.2) is 38.9 Å². The molecule has 0 saturated carbocycles. The largest absolute Gasteiger partial charge is 0.364 e. The number of nitrogens with zero attached hydrogens (tertiary/aromatic N) is 2. The van der Waals surface area contributed by atoms with Crippen LogP contribution in [0.15, 0.2) is 41.3 Å². The average Bonchev–Trinajstić information content (AvgIpc) is 2.55. The highest BCUT2D eigenvalue weighted by Gasteiger charge is 2.31. The molecule has 0 spiro atoms. The number of hydrogen-bond donors (Lipinski definition) is 0. The van der Waals surface area contributed by atoms with Gasteiger partial charge in [-0.15, -0.1) is 0 Å². The molecule has 1 saturated heterocycles. The van der Waals surface area contributed by atoms with E-state index in [1.54, 1.807) is 0 Å². The molecule has 8 heteroatoms. The number of sulfonamides is 1. The van der Waals surface area contributed by atoms with Crippen LogP contribution in [-0.2, 0) is 10.0 Å². The molecule has 25 heavy (non-hydrogen) atoms. The second-order valence-electron chi connectivity index (χ2n) is 5.87. The first-order valence-corrected chi connectivity index (χ1v) is 9.20. The Morgan fingerprint density at radius 1 is 0.920 bits per heavy atom. The highest BCUT2D eigenvalue weighted by atomic mass is 32.2. The standard InChI is InChI=1S/C17H17F3N2O2S/c1-12-11-13(18)5-6-16(12)25(23,24)22-9-7-21(8-10-22)17-14(19)3-2-4-15(17)20/h2-6,11H,7-10H2,1H3. The first kappa shape index (κ1) is 17.8. The van der Waals surface area contributed by atoms with Crippen molar-refractivity contribution >= 4 is 15.7 Å². The smallest absolute Gasteiger partial charge is 0.243 e. The molecular formula is C17H17F3N2O2S. The van der Waals surface area contributed by atoms with Crippen LogP contribution in [0, 0.1) is 24.4 Å². The minimum atomic E-state index is -3.78. The fourth-order valence-electron chi connectivity index (χ4n) is 2.98. The SMILES string of the molecule is Cc1cc(F)ccc1S(=O)(=O)N1CCN(c2c(F)cccc2F)CC1. The van der Waals surface area contributed by atoms with Gasteiger partial charge in [0.1, 0.15) is 23.1 Å². The summed E-state index contributed by atoms with van der Waals surface area (Å²) in [6.45, 7) is 2.04. The lowest BCUT2D eigenvalue weighted by molar-refractivity contribution is 0.380. The summed E-state index contributed by atoms with van der Waals surface area (Å²) >= 11 is 0. The van der Waals surface area contributed by atoms with Gasteiger partial charge in [-0.1, -0.05) is 6.07 Å². The summed E-state index contributed by atoms with van der Waals surface area (Å²) in [7, 11) is -3.78. The molecule has 2 aromatic carbocycles. The minimum Gasteiger partial charge on any atom is -0.364 e. The maximum Gasteiger partial charge on any atom is 0.243 e. The number of rotatable bonds is 3. The van der Waals surface area contributed by atoms with E-state index in [1.165, 1.54) is 40.4 Å². The molecule has 1 heterocycles. The van der Waals surface area contributed by atoms with E-state index in [0.29, 0.717) is 5.56 Å². The molecular weight excluding hydrogens is 353 g/mol. The van der Waals surface area contributed by atoms with Crippen molar-refractivity contribution in [1.29, 1.82) is 0 Å². The Morgan fingerprint density at radius 2 is 1.52 bits per heavy atom. The van der Waals surface area contributed by atoms with E-state index in [1.807, 2.05) is 0 Å². The highest BCUT2D eigenvalue weighted by Crippen LogP contribution is 2.27. The van der Waals surface area contributed by atoms with Crippen LogP contribution >= 0.6 is 0 Å². The van der Waals surface area contributed by atoms with Crippen LogP contribution in [0.5, 0.6) is 0 Å². The molecule has 0 amide bonds. The zero-order valence-electron chi connectivity index (χ0n) is 13.5. The quantitative estimate of drug-likeness (QED) is 0.834. The zero-order valence-corrected chi connectivity index (χ0v) is 14.4. The summed E-state index contributed by atoms with van der Waals surface area (Å²) in [6.07, 6.45) is 0. The predicted octanol–water partition coefficient (Wildman–Crippen LogP) is 2.92. The van der Waals surface area contributed by atoms with Crippen molar-refractivity contribution in [3.63, 3.8) is 0 Å². The van der Waals surface area contributed by atoms with E-state index >= 15 is 0 Å². The van der Waals surface area contributed by atoms with Gasteiger partial charge in [0, 0.05) is 26.2 Å². The normalized spacial score (nSPS) is 16.2. The molecule has 4 nitrogen and oxygen atoms in total. The number of halogens is 3. The van der Waals surface area contributed by atoms with Gasteiger partial charge in [-0.2, -0.15) is 4.31 Å².